The van der Waals surface area contributed by atoms with E-state index in [1.165, 1.54) is 4.88 Å². The molecule has 0 spiro atoms. The summed E-state index contributed by atoms with van der Waals surface area (Å²) >= 11 is 1.75. The molecule has 0 radical (unpaired) electrons. The van der Waals surface area contributed by atoms with Crippen LogP contribution < -0.4 is 10.6 Å². The molecule has 0 aliphatic heterocycles. The van der Waals surface area contributed by atoms with Gasteiger partial charge in [-0.05, 0) is 23.6 Å². The molecule has 2 N–H and O–H groups in total. The molecule has 0 bridgehead atoms. The molecule has 2 aromatic rings. The van der Waals surface area contributed by atoms with Crippen LogP contribution >= 0.6 is 11.3 Å². The molecule has 6 nitrogen and oxygen atoms in total. The first-order chi connectivity index (χ1) is 12.4. The zero-order valence-electron chi connectivity index (χ0n) is 15.9. The van der Waals surface area contributed by atoms with Crippen LogP contribution in [0, 0.1) is 0 Å². The van der Waals surface area contributed by atoms with Gasteiger partial charge in [0.2, 0.25) is 5.91 Å². The fourth-order valence-electron chi connectivity index (χ4n) is 2.28. The summed E-state index contributed by atoms with van der Waals surface area (Å²) in [7, 11) is 3.46. The molecule has 2 aromatic heterocycles. The van der Waals surface area contributed by atoms with E-state index in [0.29, 0.717) is 12.5 Å². The Kier molecular flexibility index (Phi) is 7.26. The number of aliphatic imine (C=N–C) groups is 1. The van der Waals surface area contributed by atoms with Gasteiger partial charge < -0.3 is 20.0 Å². The second-order valence-electron chi connectivity index (χ2n) is 6.92. The molecule has 0 saturated carbocycles. The first kappa shape index (κ1) is 20.0. The number of amides is 1. The van der Waals surface area contributed by atoms with Gasteiger partial charge in [0.05, 0.1) is 6.26 Å². The SMILES string of the molecule is CN(C)C(=O)CN=C(NCCc1ccco1)NCC(C)(C)c1cccs1. The number of rotatable bonds is 8. The monoisotopic (exact) mass is 376 g/mol. The van der Waals surface area contributed by atoms with E-state index in [4.69, 9.17) is 4.42 Å². The number of furan rings is 1. The summed E-state index contributed by atoms with van der Waals surface area (Å²) in [4.78, 5) is 19.1. The Morgan fingerprint density at radius 3 is 2.69 bits per heavy atom. The minimum Gasteiger partial charge on any atom is -0.469 e. The number of carbonyl (C=O) groups is 1. The number of carbonyl (C=O) groups excluding carboxylic acids is 1. The van der Waals surface area contributed by atoms with Gasteiger partial charge in [0.15, 0.2) is 5.96 Å². The van der Waals surface area contributed by atoms with Crippen molar-refractivity contribution in [3.05, 3.63) is 46.5 Å². The van der Waals surface area contributed by atoms with Crippen LogP contribution in [0.1, 0.15) is 24.5 Å². The van der Waals surface area contributed by atoms with Crippen molar-refractivity contribution < 1.29 is 9.21 Å². The molecule has 1 amide bonds. The fraction of sp³-hybridized carbons (Fsp3) is 0.474. The molecule has 142 valence electrons. The lowest BCUT2D eigenvalue weighted by Crippen LogP contribution is -2.44. The highest BCUT2D eigenvalue weighted by Gasteiger charge is 2.22. The number of nitrogens with one attached hydrogen (secondary N) is 2. The predicted molar refractivity (Wildman–Crippen MR) is 107 cm³/mol. The largest absolute Gasteiger partial charge is 0.469 e. The van der Waals surface area contributed by atoms with Gasteiger partial charge in [-0.1, -0.05) is 19.9 Å². The zero-order chi connectivity index (χ0) is 19.0. The van der Waals surface area contributed by atoms with Gasteiger partial charge in [-0.2, -0.15) is 0 Å². The number of hydrogen-bond donors (Lipinski definition) is 2. The molecular formula is C19H28N4O2S. The Bertz CT molecular complexity index is 691. The van der Waals surface area contributed by atoms with Crippen molar-refractivity contribution in [2.24, 2.45) is 4.99 Å². The van der Waals surface area contributed by atoms with Crippen LogP contribution in [-0.2, 0) is 16.6 Å². The predicted octanol–water partition coefficient (Wildman–Crippen LogP) is 2.48. The molecule has 0 unspecified atom stereocenters. The average Bonchev–Trinajstić information content (AvgIpc) is 3.30. The van der Waals surface area contributed by atoms with Crippen LogP contribution in [-0.4, -0.2) is 50.5 Å². The first-order valence-electron chi connectivity index (χ1n) is 8.67. The van der Waals surface area contributed by atoms with E-state index < -0.39 is 0 Å². The summed E-state index contributed by atoms with van der Waals surface area (Å²) in [5.74, 6) is 1.52. The molecule has 26 heavy (non-hydrogen) atoms. The van der Waals surface area contributed by atoms with Gasteiger partial charge in [-0.15, -0.1) is 11.3 Å². The van der Waals surface area contributed by atoms with E-state index in [2.05, 4.69) is 47.0 Å². The van der Waals surface area contributed by atoms with Gasteiger partial charge in [0, 0.05) is 43.9 Å². The van der Waals surface area contributed by atoms with Crippen molar-refractivity contribution in [3.63, 3.8) is 0 Å². The lowest BCUT2D eigenvalue weighted by atomic mass is 9.91. The number of likely N-dealkylation sites (N-methyl/N-ethyl adjacent to an activating group) is 1. The summed E-state index contributed by atoms with van der Waals surface area (Å²) in [6, 6.07) is 8.03. The third kappa shape index (κ3) is 6.22. The molecule has 0 aliphatic rings. The van der Waals surface area contributed by atoms with Gasteiger partial charge >= 0.3 is 0 Å². The zero-order valence-corrected chi connectivity index (χ0v) is 16.7. The smallest absolute Gasteiger partial charge is 0.243 e. The molecule has 0 atom stereocenters. The van der Waals surface area contributed by atoms with Crippen LogP contribution in [0.5, 0.6) is 0 Å². The fourth-order valence-corrected chi connectivity index (χ4v) is 3.13. The van der Waals surface area contributed by atoms with Crippen molar-refractivity contribution in [2.45, 2.75) is 25.7 Å². The normalized spacial score (nSPS) is 12.1. The topological polar surface area (TPSA) is 69.9 Å². The Balaban J connectivity index is 1.94. The molecule has 0 aromatic carbocycles. The Hall–Kier alpha value is -2.28. The minimum absolute atomic E-state index is 0.0246. The van der Waals surface area contributed by atoms with Crippen LogP contribution in [0.25, 0.3) is 0 Å². The summed E-state index contributed by atoms with van der Waals surface area (Å²) in [6.45, 7) is 5.89. The third-order valence-corrected chi connectivity index (χ3v) is 5.24. The van der Waals surface area contributed by atoms with Crippen LogP contribution in [0.4, 0.5) is 0 Å². The quantitative estimate of drug-likeness (QED) is 0.549. The van der Waals surface area contributed by atoms with E-state index in [1.807, 2.05) is 12.1 Å². The maximum Gasteiger partial charge on any atom is 0.243 e. The molecule has 0 fully saturated rings. The Labute approximate surface area is 159 Å². The maximum atomic E-state index is 11.8. The van der Waals surface area contributed by atoms with Crippen molar-refractivity contribution >= 4 is 23.2 Å². The molecule has 2 heterocycles. The Morgan fingerprint density at radius 2 is 2.08 bits per heavy atom. The van der Waals surface area contributed by atoms with E-state index in [0.717, 1.165) is 18.7 Å². The molecule has 0 saturated heterocycles. The first-order valence-corrected chi connectivity index (χ1v) is 9.55. The number of guanidine groups is 1. The second kappa shape index (κ2) is 9.43. The highest BCUT2D eigenvalue weighted by atomic mass is 32.1. The van der Waals surface area contributed by atoms with Crippen molar-refractivity contribution in [1.29, 1.82) is 0 Å². The molecule has 2 rings (SSSR count). The number of nitrogens with zero attached hydrogens (tertiary/aromatic N) is 2. The van der Waals surface area contributed by atoms with Gasteiger partial charge in [-0.25, -0.2) is 4.99 Å². The number of hydrogen-bond acceptors (Lipinski definition) is 4. The molecule has 7 heteroatoms. The summed E-state index contributed by atoms with van der Waals surface area (Å²) in [5.41, 5.74) is -0.0246. The van der Waals surface area contributed by atoms with E-state index in [-0.39, 0.29) is 17.9 Å². The average molecular weight is 377 g/mol. The second-order valence-corrected chi connectivity index (χ2v) is 7.87. The summed E-state index contributed by atoms with van der Waals surface area (Å²) in [5, 5.41) is 8.74. The van der Waals surface area contributed by atoms with Crippen molar-refractivity contribution in [1.82, 2.24) is 15.5 Å². The molecule has 0 aliphatic carbocycles. The molecular weight excluding hydrogens is 348 g/mol. The summed E-state index contributed by atoms with van der Waals surface area (Å²) < 4.78 is 5.35. The van der Waals surface area contributed by atoms with Crippen LogP contribution in [0.3, 0.4) is 0 Å². The highest BCUT2D eigenvalue weighted by Crippen LogP contribution is 2.26. The van der Waals surface area contributed by atoms with Crippen molar-refractivity contribution in [2.75, 3.05) is 33.7 Å². The lowest BCUT2D eigenvalue weighted by Gasteiger charge is -2.25. The van der Waals surface area contributed by atoms with E-state index in [1.54, 1.807) is 36.6 Å². The van der Waals surface area contributed by atoms with E-state index in [9.17, 15) is 4.79 Å². The third-order valence-electron chi connectivity index (χ3n) is 4.00. The van der Waals surface area contributed by atoms with E-state index >= 15 is 0 Å². The minimum atomic E-state index is -0.0327. The van der Waals surface area contributed by atoms with Crippen molar-refractivity contribution in [3.8, 4) is 0 Å². The lowest BCUT2D eigenvalue weighted by molar-refractivity contribution is -0.127. The number of thiophene rings is 1. The Morgan fingerprint density at radius 1 is 1.27 bits per heavy atom. The maximum absolute atomic E-state index is 11.8. The van der Waals surface area contributed by atoms with Gasteiger partial charge in [-0.3, -0.25) is 4.79 Å². The summed E-state index contributed by atoms with van der Waals surface area (Å²) in [6.07, 6.45) is 2.42. The van der Waals surface area contributed by atoms with Gasteiger partial charge in [0.1, 0.15) is 12.3 Å². The van der Waals surface area contributed by atoms with Crippen LogP contribution in [0.2, 0.25) is 0 Å². The standard InChI is InChI=1S/C19H28N4O2S/c1-19(2,16-8-6-12-26-16)14-22-18(21-13-17(24)23(3)4)20-10-9-15-7-5-11-25-15/h5-8,11-12H,9-10,13-14H2,1-4H3,(H2,20,21,22). The van der Waals surface area contributed by atoms with Crippen LogP contribution in [0.15, 0.2) is 45.3 Å². The van der Waals surface area contributed by atoms with Gasteiger partial charge in [0.25, 0.3) is 0 Å². The highest BCUT2D eigenvalue weighted by molar-refractivity contribution is 7.10.